The van der Waals surface area contributed by atoms with E-state index in [1.807, 2.05) is 0 Å². The number of hydrogen-bond acceptors (Lipinski definition) is 0. The lowest BCUT2D eigenvalue weighted by molar-refractivity contribution is 0.574. The fourth-order valence-electron chi connectivity index (χ4n) is 2.18. The lowest BCUT2D eigenvalue weighted by Gasteiger charge is -2.37. The van der Waals surface area contributed by atoms with Crippen LogP contribution in [-0.4, -0.2) is 8.07 Å². The Hall–Kier alpha value is 0.217. The van der Waals surface area contributed by atoms with Gasteiger partial charge in [-0.15, -0.1) is 0 Å². The predicted octanol–water partition coefficient (Wildman–Crippen LogP) is 6.84. The van der Waals surface area contributed by atoms with Crippen molar-refractivity contribution < 1.29 is 0 Å². The maximum absolute atomic E-state index is 3.89. The molecule has 0 amide bonds. The second-order valence-corrected chi connectivity index (χ2v) is 13.3. The van der Waals surface area contributed by atoms with Crippen molar-refractivity contribution in [3.05, 3.63) is 6.92 Å². The van der Waals surface area contributed by atoms with Crippen molar-refractivity contribution >= 4 is 8.07 Å². The molecule has 1 heteroatoms. The zero-order chi connectivity index (χ0) is 14.1. The Bertz CT molecular complexity index is 188. The van der Waals surface area contributed by atoms with Gasteiger partial charge in [0.2, 0.25) is 0 Å². The van der Waals surface area contributed by atoms with Crippen molar-refractivity contribution in [2.45, 2.75) is 103 Å². The minimum atomic E-state index is -0.998. The number of rotatable bonds is 10. The zero-order valence-electron chi connectivity index (χ0n) is 13.8. The van der Waals surface area contributed by atoms with Crippen LogP contribution < -0.4 is 0 Å². The third-order valence-electron chi connectivity index (χ3n) is 4.83. The van der Waals surface area contributed by atoms with E-state index in [9.17, 15) is 0 Å². The molecule has 0 aliphatic carbocycles. The molecule has 0 fully saturated rings. The molecular weight excluding hydrogens is 232 g/mol. The van der Waals surface area contributed by atoms with Gasteiger partial charge >= 0.3 is 0 Å². The molecule has 0 nitrogen and oxygen atoms in total. The van der Waals surface area contributed by atoms with Crippen molar-refractivity contribution in [1.82, 2.24) is 0 Å². The highest BCUT2D eigenvalue weighted by Crippen LogP contribution is 2.39. The first kappa shape index (κ1) is 18.2. The highest BCUT2D eigenvalue weighted by atomic mass is 28.3. The van der Waals surface area contributed by atoms with Crippen molar-refractivity contribution in [2.75, 3.05) is 0 Å². The van der Waals surface area contributed by atoms with E-state index in [-0.39, 0.29) is 0 Å². The van der Waals surface area contributed by atoms with Crippen LogP contribution in [0.2, 0.25) is 24.2 Å². The lowest BCUT2D eigenvalue weighted by Crippen LogP contribution is -2.36. The summed E-state index contributed by atoms with van der Waals surface area (Å²) in [7, 11) is -0.998. The molecule has 0 aliphatic rings. The third kappa shape index (κ3) is 8.34. The third-order valence-corrected chi connectivity index (χ3v) is 10.5. The van der Waals surface area contributed by atoms with Crippen LogP contribution in [0.3, 0.4) is 0 Å². The highest BCUT2D eigenvalue weighted by Gasteiger charge is 2.33. The van der Waals surface area contributed by atoms with E-state index in [0.717, 1.165) is 6.42 Å². The topological polar surface area (TPSA) is 0 Å². The van der Waals surface area contributed by atoms with Crippen molar-refractivity contribution in [3.8, 4) is 0 Å². The molecule has 0 unspecified atom stereocenters. The summed E-state index contributed by atoms with van der Waals surface area (Å²) < 4.78 is 0. The van der Waals surface area contributed by atoms with Gasteiger partial charge in [0.15, 0.2) is 0 Å². The largest absolute Gasteiger partial charge is 0.0690 e. The van der Waals surface area contributed by atoms with Gasteiger partial charge in [0.1, 0.15) is 0 Å². The molecule has 1 radical (unpaired) electrons. The molecule has 0 heterocycles. The van der Waals surface area contributed by atoms with Crippen LogP contribution in [0.4, 0.5) is 0 Å². The summed E-state index contributed by atoms with van der Waals surface area (Å²) in [4.78, 5) is 0. The van der Waals surface area contributed by atoms with Crippen LogP contribution in [0.1, 0.15) is 78.6 Å². The molecule has 18 heavy (non-hydrogen) atoms. The van der Waals surface area contributed by atoms with Crippen LogP contribution in [0, 0.1) is 6.92 Å². The Morgan fingerprint density at radius 1 is 0.722 bits per heavy atom. The molecule has 0 saturated heterocycles. The molecule has 0 aromatic carbocycles. The van der Waals surface area contributed by atoms with E-state index >= 15 is 0 Å². The van der Waals surface area contributed by atoms with Gasteiger partial charge in [-0.05, 0) is 5.04 Å². The van der Waals surface area contributed by atoms with Crippen molar-refractivity contribution in [1.29, 1.82) is 0 Å². The highest BCUT2D eigenvalue weighted by molar-refractivity contribution is 6.80. The summed E-state index contributed by atoms with van der Waals surface area (Å²) in [5.74, 6) is 0. The second kappa shape index (κ2) is 9.17. The Morgan fingerprint density at radius 3 is 1.50 bits per heavy atom. The number of hydrogen-bond donors (Lipinski definition) is 0. The van der Waals surface area contributed by atoms with Crippen LogP contribution in [0.25, 0.3) is 0 Å². The van der Waals surface area contributed by atoms with Gasteiger partial charge < -0.3 is 0 Å². The van der Waals surface area contributed by atoms with Gasteiger partial charge in [0.25, 0.3) is 0 Å². The van der Waals surface area contributed by atoms with Crippen LogP contribution in [-0.2, 0) is 0 Å². The zero-order valence-corrected chi connectivity index (χ0v) is 14.8. The first-order valence-electron chi connectivity index (χ1n) is 8.10. The molecule has 0 atom stereocenters. The molecule has 0 saturated carbocycles. The fourth-order valence-corrected chi connectivity index (χ4v) is 4.06. The Balaban J connectivity index is 3.41. The van der Waals surface area contributed by atoms with Crippen LogP contribution in [0.5, 0.6) is 0 Å². The summed E-state index contributed by atoms with van der Waals surface area (Å²) in [6.45, 7) is 16.3. The summed E-state index contributed by atoms with van der Waals surface area (Å²) in [5.41, 5.74) is 0. The van der Waals surface area contributed by atoms with Crippen LogP contribution in [0.15, 0.2) is 0 Å². The molecule has 0 aromatic rings. The fraction of sp³-hybridized carbons (Fsp3) is 0.941. The molecule has 0 spiro atoms. The van der Waals surface area contributed by atoms with Crippen molar-refractivity contribution in [2.24, 2.45) is 0 Å². The van der Waals surface area contributed by atoms with Crippen molar-refractivity contribution in [3.63, 3.8) is 0 Å². The number of unbranched alkanes of at least 4 members (excludes halogenated alkanes) is 8. The quantitative estimate of drug-likeness (QED) is 0.301. The minimum absolute atomic E-state index is 0.571. The van der Waals surface area contributed by atoms with Crippen LogP contribution >= 0.6 is 0 Å². The van der Waals surface area contributed by atoms with E-state index in [1.165, 1.54) is 57.4 Å². The molecule has 0 aromatic heterocycles. The van der Waals surface area contributed by atoms with E-state index in [0.29, 0.717) is 5.04 Å². The Labute approximate surface area is 118 Å². The monoisotopic (exact) mass is 269 g/mol. The predicted molar refractivity (Wildman–Crippen MR) is 88.9 cm³/mol. The molecule has 0 bridgehead atoms. The first-order valence-corrected chi connectivity index (χ1v) is 11.3. The second-order valence-electron chi connectivity index (χ2n) is 7.57. The Kier molecular flexibility index (Phi) is 9.28. The molecule has 109 valence electrons. The van der Waals surface area contributed by atoms with E-state index in [1.54, 1.807) is 0 Å². The average Bonchev–Trinajstić information content (AvgIpc) is 2.25. The Morgan fingerprint density at radius 2 is 1.11 bits per heavy atom. The van der Waals surface area contributed by atoms with Gasteiger partial charge in [-0.25, -0.2) is 0 Å². The minimum Gasteiger partial charge on any atom is -0.0690 e. The summed E-state index contributed by atoms with van der Waals surface area (Å²) in [6.07, 6.45) is 12.5. The standard InChI is InChI=1S/C17H37Si/c1-7-8-9-10-11-12-13-14-15-16-18(5,6)17(2,3)4/h1,7-16H2,2-6H3. The SMILES string of the molecule is [CH2]CCCCCCCCCC[Si](C)(C)C(C)(C)C. The average molecular weight is 270 g/mol. The van der Waals surface area contributed by atoms with E-state index < -0.39 is 8.07 Å². The summed E-state index contributed by atoms with van der Waals surface area (Å²) in [5, 5.41) is 0.571. The molecule has 0 rings (SSSR count). The maximum atomic E-state index is 3.89. The first-order chi connectivity index (χ1) is 8.31. The molecule has 0 aliphatic heterocycles. The maximum Gasteiger partial charge on any atom is 0.0527 e. The van der Waals surface area contributed by atoms with Gasteiger partial charge in [-0.2, -0.15) is 0 Å². The smallest absolute Gasteiger partial charge is 0.0527 e. The summed E-state index contributed by atoms with van der Waals surface area (Å²) >= 11 is 0. The van der Waals surface area contributed by atoms with Gasteiger partial charge in [-0.1, -0.05) is 105 Å². The van der Waals surface area contributed by atoms with Gasteiger partial charge in [0.05, 0.1) is 8.07 Å². The van der Waals surface area contributed by atoms with E-state index in [2.05, 4.69) is 40.8 Å². The lowest BCUT2D eigenvalue weighted by atomic mass is 10.1. The molecule has 0 N–H and O–H groups in total. The van der Waals surface area contributed by atoms with Gasteiger partial charge in [0, 0.05) is 0 Å². The van der Waals surface area contributed by atoms with E-state index in [4.69, 9.17) is 0 Å². The summed E-state index contributed by atoms with van der Waals surface area (Å²) in [6, 6.07) is 1.51. The van der Waals surface area contributed by atoms with Gasteiger partial charge in [-0.3, -0.25) is 0 Å². The normalized spacial score (nSPS) is 13.0. The molecular formula is C17H37Si.